The topological polar surface area (TPSA) is 43.9 Å². The third-order valence-corrected chi connectivity index (χ3v) is 5.34. The van der Waals surface area contributed by atoms with Gasteiger partial charge in [0.15, 0.2) is 0 Å². The number of rotatable bonds is 4. The highest BCUT2D eigenvalue weighted by molar-refractivity contribution is 6.52. The zero-order valence-electron chi connectivity index (χ0n) is 15.0. The predicted molar refractivity (Wildman–Crippen MR) is 101 cm³/mol. The third-order valence-electron chi connectivity index (χ3n) is 5.34. The summed E-state index contributed by atoms with van der Waals surface area (Å²) >= 11 is 0. The van der Waals surface area contributed by atoms with Gasteiger partial charge in [0.2, 0.25) is 0 Å². The van der Waals surface area contributed by atoms with Crippen LogP contribution in [-0.2, 0) is 11.3 Å². The lowest BCUT2D eigenvalue weighted by Gasteiger charge is -2.36. The molecule has 1 fully saturated rings. The molecule has 5 heteroatoms. The van der Waals surface area contributed by atoms with E-state index in [0.29, 0.717) is 12.2 Å². The Morgan fingerprint density at radius 3 is 2.27 bits per heavy atom. The normalized spacial score (nSPS) is 18.4. The summed E-state index contributed by atoms with van der Waals surface area (Å²) in [6.07, 6.45) is 0. The Balaban J connectivity index is 1.37. The van der Waals surface area contributed by atoms with Crippen molar-refractivity contribution in [3.05, 3.63) is 65.2 Å². The molecule has 134 valence electrons. The summed E-state index contributed by atoms with van der Waals surface area (Å²) in [6.45, 7) is 7.32. The van der Waals surface area contributed by atoms with E-state index in [1.54, 1.807) is 17.0 Å². The van der Waals surface area contributed by atoms with E-state index in [2.05, 4.69) is 41.0 Å². The lowest BCUT2D eigenvalue weighted by molar-refractivity contribution is -0.114. The first kappa shape index (κ1) is 16.9. The minimum Gasteiger partial charge on any atom is -0.297 e. The molecule has 0 N–H and O–H groups in total. The number of nitrogens with zero attached hydrogens (tertiary/aromatic N) is 3. The van der Waals surface area contributed by atoms with Crippen molar-refractivity contribution in [2.45, 2.75) is 13.5 Å². The molecule has 0 bridgehead atoms. The second kappa shape index (κ2) is 7.02. The van der Waals surface area contributed by atoms with Gasteiger partial charge in [0.05, 0.1) is 17.9 Å². The standard InChI is InChI=1S/C21H23N3O2/c1-16-6-2-3-7-17(16)14-22-10-12-23(13-11-22)15-24-19-9-5-4-8-18(19)20(25)21(24)26/h2-9H,10-15H2,1H3. The van der Waals surface area contributed by atoms with Gasteiger partial charge in [0.1, 0.15) is 0 Å². The first-order valence-electron chi connectivity index (χ1n) is 9.08. The average molecular weight is 349 g/mol. The fourth-order valence-electron chi connectivity index (χ4n) is 3.71. The van der Waals surface area contributed by atoms with Crippen molar-refractivity contribution < 1.29 is 9.59 Å². The predicted octanol–water partition coefficient (Wildman–Crippen LogP) is 2.30. The van der Waals surface area contributed by atoms with E-state index in [-0.39, 0.29) is 0 Å². The number of benzene rings is 2. The van der Waals surface area contributed by atoms with E-state index >= 15 is 0 Å². The fourth-order valence-corrected chi connectivity index (χ4v) is 3.71. The molecule has 5 nitrogen and oxygen atoms in total. The first-order valence-corrected chi connectivity index (χ1v) is 9.08. The van der Waals surface area contributed by atoms with Gasteiger partial charge < -0.3 is 0 Å². The smallest absolute Gasteiger partial charge is 0.297 e. The van der Waals surface area contributed by atoms with E-state index in [1.165, 1.54) is 11.1 Å². The molecule has 2 heterocycles. The Morgan fingerprint density at radius 1 is 0.846 bits per heavy atom. The summed E-state index contributed by atoms with van der Waals surface area (Å²) < 4.78 is 0. The number of ketones is 1. The third kappa shape index (κ3) is 3.16. The van der Waals surface area contributed by atoms with Crippen molar-refractivity contribution in [1.82, 2.24) is 9.80 Å². The van der Waals surface area contributed by atoms with Gasteiger partial charge >= 0.3 is 5.91 Å². The summed E-state index contributed by atoms with van der Waals surface area (Å²) in [7, 11) is 0. The van der Waals surface area contributed by atoms with Gasteiger partial charge in [0.25, 0.3) is 5.78 Å². The molecule has 4 rings (SSSR count). The number of hydrogen-bond acceptors (Lipinski definition) is 4. The SMILES string of the molecule is Cc1ccccc1CN1CCN(CN2C(=O)C(=O)c3ccccc32)CC1. The second-order valence-corrected chi connectivity index (χ2v) is 7.04. The molecule has 2 aromatic rings. The van der Waals surface area contributed by atoms with E-state index in [4.69, 9.17) is 0 Å². The zero-order chi connectivity index (χ0) is 18.1. The van der Waals surface area contributed by atoms with Crippen LogP contribution < -0.4 is 4.90 Å². The minimum atomic E-state index is -0.409. The lowest BCUT2D eigenvalue weighted by Crippen LogP contribution is -2.50. The summed E-state index contributed by atoms with van der Waals surface area (Å²) in [5.74, 6) is -0.799. The molecule has 0 spiro atoms. The van der Waals surface area contributed by atoms with Gasteiger partial charge in [0, 0.05) is 32.7 Å². The second-order valence-electron chi connectivity index (χ2n) is 7.04. The van der Waals surface area contributed by atoms with Crippen molar-refractivity contribution in [1.29, 1.82) is 0 Å². The van der Waals surface area contributed by atoms with Crippen LogP contribution in [0.4, 0.5) is 5.69 Å². The summed E-state index contributed by atoms with van der Waals surface area (Å²) in [6, 6.07) is 15.8. The molecular formula is C21H23N3O2. The summed E-state index contributed by atoms with van der Waals surface area (Å²) in [5.41, 5.74) is 3.96. The maximum atomic E-state index is 12.3. The molecule has 1 saturated heterocycles. The Hall–Kier alpha value is -2.50. The Morgan fingerprint density at radius 2 is 1.50 bits per heavy atom. The monoisotopic (exact) mass is 349 g/mol. The number of aryl methyl sites for hydroxylation is 1. The van der Waals surface area contributed by atoms with Crippen LogP contribution in [0.25, 0.3) is 0 Å². The van der Waals surface area contributed by atoms with E-state index in [9.17, 15) is 9.59 Å². The van der Waals surface area contributed by atoms with Crippen LogP contribution in [0.15, 0.2) is 48.5 Å². The Kier molecular flexibility index (Phi) is 4.57. The summed E-state index contributed by atoms with van der Waals surface area (Å²) in [4.78, 5) is 30.8. The van der Waals surface area contributed by atoms with Crippen LogP contribution in [0, 0.1) is 6.92 Å². The van der Waals surface area contributed by atoms with Gasteiger partial charge in [-0.1, -0.05) is 36.4 Å². The van der Waals surface area contributed by atoms with Crippen molar-refractivity contribution in [3.8, 4) is 0 Å². The van der Waals surface area contributed by atoms with Gasteiger partial charge in [-0.15, -0.1) is 0 Å². The number of anilines is 1. The van der Waals surface area contributed by atoms with Crippen LogP contribution in [0.2, 0.25) is 0 Å². The van der Waals surface area contributed by atoms with Crippen molar-refractivity contribution in [2.75, 3.05) is 37.7 Å². The van der Waals surface area contributed by atoms with E-state index in [0.717, 1.165) is 38.4 Å². The largest absolute Gasteiger partial charge is 0.300 e. The average Bonchev–Trinajstić information content (AvgIpc) is 2.90. The Bertz CT molecular complexity index is 841. The maximum absolute atomic E-state index is 12.3. The van der Waals surface area contributed by atoms with E-state index < -0.39 is 11.7 Å². The van der Waals surface area contributed by atoms with Gasteiger partial charge in [-0.05, 0) is 30.2 Å². The lowest BCUT2D eigenvalue weighted by atomic mass is 10.1. The highest BCUT2D eigenvalue weighted by Gasteiger charge is 2.36. The van der Waals surface area contributed by atoms with Crippen molar-refractivity contribution in [3.63, 3.8) is 0 Å². The number of carbonyl (C=O) groups is 2. The van der Waals surface area contributed by atoms with Gasteiger partial charge in [-0.2, -0.15) is 0 Å². The molecule has 1 amide bonds. The molecule has 0 aromatic heterocycles. The number of hydrogen-bond donors (Lipinski definition) is 0. The minimum absolute atomic E-state index is 0.390. The Labute approximate surface area is 153 Å². The molecule has 2 aromatic carbocycles. The fraction of sp³-hybridized carbons (Fsp3) is 0.333. The maximum Gasteiger partial charge on any atom is 0.300 e. The van der Waals surface area contributed by atoms with Crippen molar-refractivity contribution in [2.24, 2.45) is 0 Å². The summed E-state index contributed by atoms with van der Waals surface area (Å²) in [5, 5.41) is 0. The van der Waals surface area contributed by atoms with Gasteiger partial charge in [-0.3, -0.25) is 24.3 Å². The highest BCUT2D eigenvalue weighted by Crippen LogP contribution is 2.28. The number of para-hydroxylation sites is 1. The molecule has 2 aliphatic rings. The number of amides is 1. The van der Waals surface area contributed by atoms with Crippen LogP contribution >= 0.6 is 0 Å². The molecule has 0 unspecified atom stereocenters. The molecule has 0 radical (unpaired) electrons. The van der Waals surface area contributed by atoms with Crippen LogP contribution in [0.3, 0.4) is 0 Å². The van der Waals surface area contributed by atoms with Crippen LogP contribution in [0.5, 0.6) is 0 Å². The quantitative estimate of drug-likeness (QED) is 0.795. The number of carbonyl (C=O) groups excluding carboxylic acids is 2. The first-order chi connectivity index (χ1) is 12.6. The molecule has 0 saturated carbocycles. The molecule has 0 aliphatic carbocycles. The van der Waals surface area contributed by atoms with E-state index in [1.807, 2.05) is 12.1 Å². The van der Waals surface area contributed by atoms with Gasteiger partial charge in [-0.25, -0.2) is 0 Å². The zero-order valence-corrected chi connectivity index (χ0v) is 15.0. The van der Waals surface area contributed by atoms with Crippen molar-refractivity contribution >= 4 is 17.4 Å². The molecule has 26 heavy (non-hydrogen) atoms. The molecule has 0 atom stereocenters. The van der Waals surface area contributed by atoms with Crippen LogP contribution in [0.1, 0.15) is 21.5 Å². The highest BCUT2D eigenvalue weighted by atomic mass is 16.2. The molecule has 2 aliphatic heterocycles. The number of Topliss-reactive ketones (excluding diaryl/α,β-unsaturated/α-hetero) is 1. The molecular weight excluding hydrogens is 326 g/mol. The number of piperazine rings is 1. The number of fused-ring (bicyclic) bond motifs is 1. The van der Waals surface area contributed by atoms with Crippen LogP contribution in [-0.4, -0.2) is 54.3 Å².